The minimum atomic E-state index is 0.147. The molecule has 0 amide bonds. The van der Waals surface area contributed by atoms with E-state index in [2.05, 4.69) is 4.90 Å². The van der Waals surface area contributed by atoms with Crippen LogP contribution in [0, 0.1) is 0 Å². The summed E-state index contributed by atoms with van der Waals surface area (Å²) in [6, 6.07) is 0. The SMILES string of the molecule is CCc1c(N2CCOCC2)nc2n(c1=O)CCS2. The van der Waals surface area contributed by atoms with E-state index in [-0.39, 0.29) is 5.56 Å². The quantitative estimate of drug-likeness (QED) is 0.740. The topological polar surface area (TPSA) is 47.4 Å². The molecular weight excluding hydrogens is 250 g/mol. The maximum absolute atomic E-state index is 12.4. The van der Waals surface area contributed by atoms with Gasteiger partial charge in [0.2, 0.25) is 0 Å². The Morgan fingerprint density at radius 1 is 1.33 bits per heavy atom. The van der Waals surface area contributed by atoms with Gasteiger partial charge in [0.25, 0.3) is 5.56 Å². The molecule has 0 aliphatic carbocycles. The Hall–Kier alpha value is -1.01. The predicted molar refractivity (Wildman–Crippen MR) is 71.6 cm³/mol. The second-order valence-electron chi connectivity index (χ2n) is 4.45. The van der Waals surface area contributed by atoms with Crippen molar-refractivity contribution in [2.24, 2.45) is 0 Å². The van der Waals surface area contributed by atoms with Gasteiger partial charge < -0.3 is 9.64 Å². The van der Waals surface area contributed by atoms with Gasteiger partial charge in [-0.25, -0.2) is 4.98 Å². The number of rotatable bonds is 2. The van der Waals surface area contributed by atoms with Gasteiger partial charge in [0.05, 0.1) is 18.8 Å². The summed E-state index contributed by atoms with van der Waals surface area (Å²) in [5.41, 5.74) is 0.997. The third kappa shape index (κ3) is 1.93. The van der Waals surface area contributed by atoms with Crippen LogP contribution in [0.5, 0.6) is 0 Å². The second-order valence-corrected chi connectivity index (χ2v) is 5.52. The lowest BCUT2D eigenvalue weighted by Crippen LogP contribution is -2.39. The van der Waals surface area contributed by atoms with Crippen LogP contribution < -0.4 is 10.5 Å². The summed E-state index contributed by atoms with van der Waals surface area (Å²) in [5, 5.41) is 0.874. The largest absolute Gasteiger partial charge is 0.378 e. The molecular formula is C12H17N3O2S. The highest BCUT2D eigenvalue weighted by Gasteiger charge is 2.23. The van der Waals surface area contributed by atoms with Crippen molar-refractivity contribution in [1.82, 2.24) is 9.55 Å². The van der Waals surface area contributed by atoms with E-state index in [1.165, 1.54) is 0 Å². The molecule has 6 heteroatoms. The van der Waals surface area contributed by atoms with Crippen LogP contribution in [0.25, 0.3) is 0 Å². The molecule has 0 spiro atoms. The first-order valence-corrected chi connectivity index (χ1v) is 7.39. The lowest BCUT2D eigenvalue weighted by Gasteiger charge is -2.29. The molecule has 0 atom stereocenters. The molecule has 1 fully saturated rings. The Kier molecular flexibility index (Phi) is 3.30. The van der Waals surface area contributed by atoms with E-state index in [1.807, 2.05) is 11.5 Å². The standard InChI is InChI=1S/C12H17N3O2S/c1-2-9-10(14-3-6-17-7-4-14)13-12-15(11(9)16)5-8-18-12/h2-8H2,1H3. The third-order valence-electron chi connectivity index (χ3n) is 3.42. The Morgan fingerprint density at radius 3 is 2.83 bits per heavy atom. The molecule has 1 aromatic rings. The summed E-state index contributed by atoms with van der Waals surface area (Å²) in [4.78, 5) is 19.3. The number of nitrogens with zero attached hydrogens (tertiary/aromatic N) is 3. The Morgan fingerprint density at radius 2 is 2.11 bits per heavy atom. The highest BCUT2D eigenvalue weighted by Crippen LogP contribution is 2.26. The number of fused-ring (bicyclic) bond motifs is 1. The van der Waals surface area contributed by atoms with Gasteiger partial charge in [0, 0.05) is 25.4 Å². The molecule has 0 aromatic carbocycles. The molecule has 3 rings (SSSR count). The number of ether oxygens (including phenoxy) is 1. The maximum atomic E-state index is 12.4. The minimum absolute atomic E-state index is 0.147. The summed E-state index contributed by atoms with van der Waals surface area (Å²) in [6.07, 6.45) is 0.740. The number of hydrogen-bond acceptors (Lipinski definition) is 5. The van der Waals surface area contributed by atoms with E-state index < -0.39 is 0 Å². The van der Waals surface area contributed by atoms with Crippen molar-refractivity contribution in [3.63, 3.8) is 0 Å². The zero-order valence-electron chi connectivity index (χ0n) is 10.5. The van der Waals surface area contributed by atoms with E-state index in [9.17, 15) is 4.79 Å². The van der Waals surface area contributed by atoms with Crippen LogP contribution in [0.3, 0.4) is 0 Å². The van der Waals surface area contributed by atoms with Crippen molar-refractivity contribution in [3.8, 4) is 0 Å². The lowest BCUT2D eigenvalue weighted by molar-refractivity contribution is 0.122. The monoisotopic (exact) mass is 267 g/mol. The van der Waals surface area contributed by atoms with E-state index in [4.69, 9.17) is 9.72 Å². The van der Waals surface area contributed by atoms with E-state index >= 15 is 0 Å². The van der Waals surface area contributed by atoms with Crippen LogP contribution in [0.4, 0.5) is 5.82 Å². The van der Waals surface area contributed by atoms with Crippen LogP contribution in [-0.2, 0) is 17.7 Å². The molecule has 0 saturated carbocycles. The van der Waals surface area contributed by atoms with Gasteiger partial charge in [-0.15, -0.1) is 0 Å². The van der Waals surface area contributed by atoms with Gasteiger partial charge in [0.1, 0.15) is 5.82 Å². The van der Waals surface area contributed by atoms with Gasteiger partial charge in [0.15, 0.2) is 5.16 Å². The molecule has 18 heavy (non-hydrogen) atoms. The smallest absolute Gasteiger partial charge is 0.259 e. The summed E-state index contributed by atoms with van der Waals surface area (Å²) in [6.45, 7) is 5.91. The molecule has 3 heterocycles. The van der Waals surface area contributed by atoms with Crippen LogP contribution in [0.15, 0.2) is 9.95 Å². The van der Waals surface area contributed by atoms with Gasteiger partial charge in [-0.1, -0.05) is 18.7 Å². The average molecular weight is 267 g/mol. The van der Waals surface area contributed by atoms with Gasteiger partial charge in [-0.3, -0.25) is 9.36 Å². The highest BCUT2D eigenvalue weighted by molar-refractivity contribution is 7.99. The van der Waals surface area contributed by atoms with Gasteiger partial charge >= 0.3 is 0 Å². The van der Waals surface area contributed by atoms with Crippen LogP contribution in [-0.4, -0.2) is 41.6 Å². The molecule has 98 valence electrons. The van der Waals surface area contributed by atoms with Crippen molar-refractivity contribution < 1.29 is 4.74 Å². The van der Waals surface area contributed by atoms with Crippen molar-refractivity contribution in [2.45, 2.75) is 25.0 Å². The number of morpholine rings is 1. The fourth-order valence-corrected chi connectivity index (χ4v) is 3.38. The van der Waals surface area contributed by atoms with Crippen molar-refractivity contribution in [1.29, 1.82) is 0 Å². The Labute approximate surface area is 110 Å². The molecule has 1 saturated heterocycles. The first kappa shape index (κ1) is 12.0. The normalized spacial score (nSPS) is 19.1. The molecule has 0 radical (unpaired) electrons. The lowest BCUT2D eigenvalue weighted by atomic mass is 10.2. The zero-order chi connectivity index (χ0) is 12.5. The summed E-state index contributed by atoms with van der Waals surface area (Å²) < 4.78 is 7.17. The second kappa shape index (κ2) is 4.93. The number of aromatic nitrogens is 2. The average Bonchev–Trinajstić information content (AvgIpc) is 2.88. The summed E-state index contributed by atoms with van der Waals surface area (Å²) in [7, 11) is 0. The fourth-order valence-electron chi connectivity index (χ4n) is 2.45. The Bertz CT molecular complexity index is 509. The maximum Gasteiger partial charge on any atom is 0.259 e. The zero-order valence-corrected chi connectivity index (χ0v) is 11.3. The molecule has 5 nitrogen and oxygen atoms in total. The first-order valence-electron chi connectivity index (χ1n) is 6.40. The van der Waals surface area contributed by atoms with Crippen molar-refractivity contribution >= 4 is 17.6 Å². The third-order valence-corrected chi connectivity index (χ3v) is 4.37. The summed E-state index contributed by atoms with van der Waals surface area (Å²) >= 11 is 1.67. The predicted octanol–water partition coefficient (Wildman–Crippen LogP) is 0.748. The van der Waals surface area contributed by atoms with Gasteiger partial charge in [-0.2, -0.15) is 0 Å². The number of hydrogen-bond donors (Lipinski definition) is 0. The molecule has 0 N–H and O–H groups in total. The molecule has 2 aliphatic heterocycles. The number of anilines is 1. The fraction of sp³-hybridized carbons (Fsp3) is 0.667. The van der Waals surface area contributed by atoms with E-state index in [0.717, 1.165) is 61.6 Å². The van der Waals surface area contributed by atoms with Crippen LogP contribution in [0.1, 0.15) is 12.5 Å². The highest BCUT2D eigenvalue weighted by atomic mass is 32.2. The Balaban J connectivity index is 2.07. The minimum Gasteiger partial charge on any atom is -0.378 e. The summed E-state index contributed by atoms with van der Waals surface area (Å²) in [5.74, 6) is 1.84. The molecule has 1 aromatic heterocycles. The van der Waals surface area contributed by atoms with Crippen molar-refractivity contribution in [2.75, 3.05) is 37.0 Å². The first-order chi connectivity index (χ1) is 8.81. The van der Waals surface area contributed by atoms with Gasteiger partial charge in [-0.05, 0) is 6.42 Å². The van der Waals surface area contributed by atoms with Crippen LogP contribution >= 0.6 is 11.8 Å². The molecule has 2 aliphatic rings. The number of thioether (sulfide) groups is 1. The van der Waals surface area contributed by atoms with E-state index in [0.29, 0.717) is 0 Å². The molecule has 0 bridgehead atoms. The molecule has 0 unspecified atom stereocenters. The van der Waals surface area contributed by atoms with Crippen molar-refractivity contribution in [3.05, 3.63) is 15.9 Å². The van der Waals surface area contributed by atoms with Crippen LogP contribution in [0.2, 0.25) is 0 Å². The van der Waals surface area contributed by atoms with E-state index in [1.54, 1.807) is 11.8 Å².